The van der Waals surface area contributed by atoms with Gasteiger partial charge in [0, 0.05) is 17.4 Å². The summed E-state index contributed by atoms with van der Waals surface area (Å²) in [6, 6.07) is 4.89. The SMILES string of the molecule is CC(Nc1ccc(C#N)c(C(F)(F)F)c1)c1cn[nH]c1. The predicted octanol–water partition coefficient (Wildman–Crippen LogP) is 3.47. The number of hydrogen-bond donors (Lipinski definition) is 2. The van der Waals surface area contributed by atoms with Gasteiger partial charge in [-0.3, -0.25) is 5.10 Å². The van der Waals surface area contributed by atoms with Crippen LogP contribution in [0, 0.1) is 11.3 Å². The highest BCUT2D eigenvalue weighted by Crippen LogP contribution is 2.34. The van der Waals surface area contributed by atoms with Crippen LogP contribution in [-0.4, -0.2) is 10.2 Å². The summed E-state index contributed by atoms with van der Waals surface area (Å²) in [5, 5.41) is 18.1. The summed E-state index contributed by atoms with van der Waals surface area (Å²) in [4.78, 5) is 0. The topological polar surface area (TPSA) is 64.5 Å². The first-order valence-corrected chi connectivity index (χ1v) is 5.78. The van der Waals surface area contributed by atoms with E-state index in [9.17, 15) is 13.2 Å². The Hall–Kier alpha value is -2.49. The fourth-order valence-corrected chi connectivity index (χ4v) is 1.80. The highest BCUT2D eigenvalue weighted by Gasteiger charge is 2.33. The van der Waals surface area contributed by atoms with Crippen molar-refractivity contribution in [1.82, 2.24) is 10.2 Å². The molecule has 1 atom stereocenters. The Morgan fingerprint density at radius 3 is 2.70 bits per heavy atom. The lowest BCUT2D eigenvalue weighted by atomic mass is 10.1. The minimum atomic E-state index is -4.55. The van der Waals surface area contributed by atoms with E-state index < -0.39 is 11.7 Å². The maximum Gasteiger partial charge on any atom is 0.417 e. The Bertz CT molecular complexity index is 626. The summed E-state index contributed by atoms with van der Waals surface area (Å²) in [6.07, 6.45) is -1.31. The molecule has 104 valence electrons. The molecule has 1 aromatic carbocycles. The van der Waals surface area contributed by atoms with Gasteiger partial charge in [-0.05, 0) is 25.1 Å². The Labute approximate surface area is 113 Å². The molecule has 20 heavy (non-hydrogen) atoms. The van der Waals surface area contributed by atoms with Crippen molar-refractivity contribution >= 4 is 5.69 Å². The van der Waals surface area contributed by atoms with E-state index in [-0.39, 0.29) is 11.6 Å². The molecule has 7 heteroatoms. The number of aromatic amines is 1. The number of anilines is 1. The molecule has 1 unspecified atom stereocenters. The molecule has 0 aliphatic heterocycles. The van der Waals surface area contributed by atoms with Crippen LogP contribution < -0.4 is 5.32 Å². The lowest BCUT2D eigenvalue weighted by Crippen LogP contribution is -2.11. The second-order valence-corrected chi connectivity index (χ2v) is 4.27. The fraction of sp³-hybridized carbons (Fsp3) is 0.231. The van der Waals surface area contributed by atoms with Crippen LogP contribution in [0.5, 0.6) is 0 Å². The molecule has 0 saturated carbocycles. The number of alkyl halides is 3. The van der Waals surface area contributed by atoms with Gasteiger partial charge in [0.2, 0.25) is 0 Å². The summed E-state index contributed by atoms with van der Waals surface area (Å²) >= 11 is 0. The van der Waals surface area contributed by atoms with E-state index in [0.717, 1.165) is 17.7 Å². The van der Waals surface area contributed by atoms with Crippen molar-refractivity contribution in [3.8, 4) is 6.07 Å². The Morgan fingerprint density at radius 2 is 2.15 bits per heavy atom. The summed E-state index contributed by atoms with van der Waals surface area (Å²) in [7, 11) is 0. The minimum absolute atomic E-state index is 0.206. The van der Waals surface area contributed by atoms with Gasteiger partial charge < -0.3 is 5.32 Å². The van der Waals surface area contributed by atoms with Gasteiger partial charge in [0.25, 0.3) is 0 Å². The van der Waals surface area contributed by atoms with Crippen LogP contribution in [0.15, 0.2) is 30.6 Å². The number of nitrogens with one attached hydrogen (secondary N) is 2. The molecule has 1 heterocycles. The second-order valence-electron chi connectivity index (χ2n) is 4.27. The van der Waals surface area contributed by atoms with E-state index in [4.69, 9.17) is 5.26 Å². The monoisotopic (exact) mass is 280 g/mol. The molecule has 4 nitrogen and oxygen atoms in total. The van der Waals surface area contributed by atoms with Gasteiger partial charge >= 0.3 is 6.18 Å². The standard InChI is InChI=1S/C13H11F3N4/c1-8(10-6-18-19-7-10)20-11-3-2-9(5-17)12(4-11)13(14,15)16/h2-4,6-8,20H,1H3,(H,18,19). The molecule has 1 aromatic heterocycles. The maximum absolute atomic E-state index is 12.8. The van der Waals surface area contributed by atoms with Crippen molar-refractivity contribution in [3.05, 3.63) is 47.3 Å². The van der Waals surface area contributed by atoms with Crippen LogP contribution in [0.2, 0.25) is 0 Å². The van der Waals surface area contributed by atoms with Crippen LogP contribution in [0.25, 0.3) is 0 Å². The number of aromatic nitrogens is 2. The molecule has 0 aliphatic rings. The zero-order valence-corrected chi connectivity index (χ0v) is 10.5. The van der Waals surface area contributed by atoms with E-state index in [1.165, 1.54) is 6.07 Å². The highest BCUT2D eigenvalue weighted by molar-refractivity contribution is 5.54. The zero-order chi connectivity index (χ0) is 14.8. The predicted molar refractivity (Wildman–Crippen MR) is 66.8 cm³/mol. The molecule has 2 rings (SSSR count). The summed E-state index contributed by atoms with van der Waals surface area (Å²) in [5.41, 5.74) is -0.212. The Kier molecular flexibility index (Phi) is 3.66. The maximum atomic E-state index is 12.8. The van der Waals surface area contributed by atoms with Crippen molar-refractivity contribution in [2.45, 2.75) is 19.1 Å². The zero-order valence-electron chi connectivity index (χ0n) is 10.5. The first-order valence-electron chi connectivity index (χ1n) is 5.78. The fourth-order valence-electron chi connectivity index (χ4n) is 1.80. The van der Waals surface area contributed by atoms with Crippen molar-refractivity contribution in [2.24, 2.45) is 0 Å². The number of benzene rings is 1. The molecule has 0 radical (unpaired) electrons. The molecule has 0 amide bonds. The average molecular weight is 280 g/mol. The summed E-state index contributed by atoms with van der Waals surface area (Å²) in [6.45, 7) is 1.80. The number of rotatable bonds is 3. The lowest BCUT2D eigenvalue weighted by Gasteiger charge is -2.16. The first kappa shape index (κ1) is 13.9. The molecule has 0 aliphatic carbocycles. The van der Waals surface area contributed by atoms with Crippen molar-refractivity contribution in [3.63, 3.8) is 0 Å². The molecular formula is C13H11F3N4. The normalized spacial score (nSPS) is 12.8. The van der Waals surface area contributed by atoms with E-state index in [1.807, 2.05) is 0 Å². The van der Waals surface area contributed by atoms with E-state index in [1.54, 1.807) is 25.4 Å². The molecule has 0 fully saturated rings. The summed E-state index contributed by atoms with van der Waals surface area (Å²) < 4.78 is 38.5. The number of nitrogens with zero attached hydrogens (tertiary/aromatic N) is 2. The second kappa shape index (κ2) is 5.25. The van der Waals surface area contributed by atoms with Gasteiger partial charge in [-0.1, -0.05) is 0 Å². The van der Waals surface area contributed by atoms with Crippen LogP contribution in [0.4, 0.5) is 18.9 Å². The molecule has 0 spiro atoms. The quantitative estimate of drug-likeness (QED) is 0.904. The summed E-state index contributed by atoms with van der Waals surface area (Å²) in [5.74, 6) is 0. The van der Waals surface area contributed by atoms with E-state index in [0.29, 0.717) is 5.69 Å². The molecule has 2 aromatic rings. The minimum Gasteiger partial charge on any atom is -0.378 e. The van der Waals surface area contributed by atoms with E-state index >= 15 is 0 Å². The average Bonchev–Trinajstić information content (AvgIpc) is 2.91. The smallest absolute Gasteiger partial charge is 0.378 e. The van der Waals surface area contributed by atoms with E-state index in [2.05, 4.69) is 15.5 Å². The Balaban J connectivity index is 2.28. The molecule has 0 saturated heterocycles. The van der Waals surface area contributed by atoms with Gasteiger partial charge in [0.05, 0.1) is 29.4 Å². The number of H-pyrrole nitrogens is 1. The van der Waals surface area contributed by atoms with Gasteiger partial charge in [-0.2, -0.15) is 23.5 Å². The third kappa shape index (κ3) is 2.91. The number of halogens is 3. The van der Waals surface area contributed by atoms with Gasteiger partial charge in [-0.25, -0.2) is 0 Å². The lowest BCUT2D eigenvalue weighted by molar-refractivity contribution is -0.137. The molecule has 2 N–H and O–H groups in total. The van der Waals surface area contributed by atoms with Crippen LogP contribution >= 0.6 is 0 Å². The van der Waals surface area contributed by atoms with Gasteiger partial charge in [0.15, 0.2) is 0 Å². The van der Waals surface area contributed by atoms with Crippen LogP contribution in [0.1, 0.15) is 29.7 Å². The van der Waals surface area contributed by atoms with Crippen molar-refractivity contribution in [2.75, 3.05) is 5.32 Å². The number of nitriles is 1. The van der Waals surface area contributed by atoms with Crippen molar-refractivity contribution in [1.29, 1.82) is 5.26 Å². The highest BCUT2D eigenvalue weighted by atomic mass is 19.4. The largest absolute Gasteiger partial charge is 0.417 e. The first-order chi connectivity index (χ1) is 9.41. The number of hydrogen-bond acceptors (Lipinski definition) is 3. The third-order valence-corrected chi connectivity index (χ3v) is 2.85. The van der Waals surface area contributed by atoms with Gasteiger partial charge in [-0.15, -0.1) is 0 Å². The van der Waals surface area contributed by atoms with Crippen LogP contribution in [-0.2, 0) is 6.18 Å². The molecular weight excluding hydrogens is 269 g/mol. The van der Waals surface area contributed by atoms with Gasteiger partial charge in [0.1, 0.15) is 0 Å². The van der Waals surface area contributed by atoms with Crippen molar-refractivity contribution < 1.29 is 13.2 Å². The Morgan fingerprint density at radius 1 is 1.40 bits per heavy atom. The third-order valence-electron chi connectivity index (χ3n) is 2.85. The molecule has 0 bridgehead atoms. The van der Waals surface area contributed by atoms with Crippen LogP contribution in [0.3, 0.4) is 0 Å².